The van der Waals surface area contributed by atoms with Gasteiger partial charge in [0.15, 0.2) is 0 Å². The largest absolute Gasteiger partial charge is 0.330 e. The molecule has 0 aliphatic carbocycles. The van der Waals surface area contributed by atoms with E-state index in [1.807, 2.05) is 0 Å². The van der Waals surface area contributed by atoms with Gasteiger partial charge in [-0.3, -0.25) is 0 Å². The summed E-state index contributed by atoms with van der Waals surface area (Å²) in [6, 6.07) is 0. The van der Waals surface area contributed by atoms with Gasteiger partial charge in [0.25, 0.3) is 0 Å². The van der Waals surface area contributed by atoms with Crippen LogP contribution in [-0.4, -0.2) is 19.6 Å². The van der Waals surface area contributed by atoms with Crippen LogP contribution in [0.4, 0.5) is 0 Å². The third-order valence-corrected chi connectivity index (χ3v) is 3.01. The molecule has 0 aromatic heterocycles. The lowest BCUT2D eigenvalue weighted by Gasteiger charge is -1.98. The fourth-order valence-electron chi connectivity index (χ4n) is 1.78. The summed E-state index contributed by atoms with van der Waals surface area (Å²) in [6.07, 6.45) is 13.5. The molecule has 0 rings (SSSR count). The van der Waals surface area contributed by atoms with Crippen molar-refractivity contribution in [3.63, 3.8) is 0 Å². The molecule has 18 heavy (non-hydrogen) atoms. The Morgan fingerprint density at radius 3 is 1.67 bits per heavy atom. The Balaban J connectivity index is 0. The van der Waals surface area contributed by atoms with Crippen LogP contribution < -0.4 is 11.1 Å². The molecule has 3 N–H and O–H groups in total. The van der Waals surface area contributed by atoms with Gasteiger partial charge in [-0.2, -0.15) is 0 Å². The molecule has 0 bridgehead atoms. The van der Waals surface area contributed by atoms with Crippen LogP contribution in [0.25, 0.3) is 0 Å². The first kappa shape index (κ1) is 20.2. The monoisotopic (exact) mass is 258 g/mol. The quantitative estimate of drug-likeness (QED) is 0.506. The number of hydrogen-bond acceptors (Lipinski definition) is 2. The van der Waals surface area contributed by atoms with Crippen molar-refractivity contribution in [2.24, 2.45) is 5.73 Å². The molecule has 0 aliphatic heterocycles. The first-order chi connectivity index (χ1) is 8.83. The molecule has 0 saturated heterocycles. The molecule has 0 radical (unpaired) electrons. The Hall–Kier alpha value is -0.0800. The minimum Gasteiger partial charge on any atom is -0.330 e. The highest BCUT2D eigenvalue weighted by Crippen LogP contribution is 2.03. The minimum absolute atomic E-state index is 0.867. The molecule has 0 spiro atoms. The highest BCUT2D eigenvalue weighted by molar-refractivity contribution is 4.44. The van der Waals surface area contributed by atoms with Gasteiger partial charge in [-0.15, -0.1) is 0 Å². The fourth-order valence-corrected chi connectivity index (χ4v) is 1.78. The summed E-state index contributed by atoms with van der Waals surface area (Å²) in [5.74, 6) is 0. The van der Waals surface area contributed by atoms with Gasteiger partial charge in [-0.1, -0.05) is 72.1 Å². The van der Waals surface area contributed by atoms with Crippen molar-refractivity contribution < 1.29 is 0 Å². The van der Waals surface area contributed by atoms with Gasteiger partial charge in [0, 0.05) is 0 Å². The van der Waals surface area contributed by atoms with Crippen molar-refractivity contribution >= 4 is 0 Å². The molecule has 0 aromatic carbocycles. The van der Waals surface area contributed by atoms with Crippen LogP contribution in [-0.2, 0) is 0 Å². The Morgan fingerprint density at radius 2 is 1.17 bits per heavy atom. The van der Waals surface area contributed by atoms with E-state index in [0.717, 1.165) is 13.1 Å². The van der Waals surface area contributed by atoms with E-state index < -0.39 is 0 Å². The van der Waals surface area contributed by atoms with E-state index in [2.05, 4.69) is 26.1 Å². The molecular formula is C16H38N2. The third-order valence-electron chi connectivity index (χ3n) is 3.01. The smallest absolute Gasteiger partial charge is 0.00490 e. The van der Waals surface area contributed by atoms with E-state index in [1.165, 1.54) is 70.8 Å². The molecule has 2 heteroatoms. The second kappa shape index (κ2) is 22.1. The molecule has 0 amide bonds. The van der Waals surface area contributed by atoms with Gasteiger partial charge in [-0.05, 0) is 32.5 Å². The molecule has 112 valence electrons. The number of unbranched alkanes of at least 4 members (excludes halogenated alkanes) is 8. The molecule has 0 unspecified atom stereocenters. The molecule has 0 aromatic rings. The second-order valence-corrected chi connectivity index (χ2v) is 4.97. The van der Waals surface area contributed by atoms with Gasteiger partial charge in [0.2, 0.25) is 0 Å². The normalized spacial score (nSPS) is 10.0. The average Bonchev–Trinajstić information content (AvgIpc) is 2.39. The topological polar surface area (TPSA) is 38.0 Å². The van der Waals surface area contributed by atoms with Gasteiger partial charge in [0.1, 0.15) is 0 Å². The summed E-state index contributed by atoms with van der Waals surface area (Å²) in [5.41, 5.74) is 5.34. The van der Waals surface area contributed by atoms with Crippen LogP contribution in [0.15, 0.2) is 0 Å². The van der Waals surface area contributed by atoms with E-state index in [0.29, 0.717) is 0 Å². The SMILES string of the molecule is CCCCCCCCN.CCCCCCNCC. The first-order valence-electron chi connectivity index (χ1n) is 8.24. The van der Waals surface area contributed by atoms with Crippen LogP contribution in [0.3, 0.4) is 0 Å². The minimum atomic E-state index is 0.867. The fraction of sp³-hybridized carbons (Fsp3) is 1.00. The van der Waals surface area contributed by atoms with Gasteiger partial charge >= 0.3 is 0 Å². The summed E-state index contributed by atoms with van der Waals surface area (Å²) in [4.78, 5) is 0. The highest BCUT2D eigenvalue weighted by atomic mass is 14.8. The predicted molar refractivity (Wildman–Crippen MR) is 85.1 cm³/mol. The number of rotatable bonds is 12. The average molecular weight is 258 g/mol. The highest BCUT2D eigenvalue weighted by Gasteiger charge is 1.86. The van der Waals surface area contributed by atoms with Crippen LogP contribution >= 0.6 is 0 Å². The molecule has 0 heterocycles. The maximum atomic E-state index is 5.34. The van der Waals surface area contributed by atoms with E-state index in [4.69, 9.17) is 5.73 Å². The molecule has 2 nitrogen and oxygen atoms in total. The maximum Gasteiger partial charge on any atom is -0.00490 e. The van der Waals surface area contributed by atoms with Gasteiger partial charge in [-0.25, -0.2) is 0 Å². The molecule has 0 aliphatic rings. The van der Waals surface area contributed by atoms with Crippen molar-refractivity contribution in [1.82, 2.24) is 5.32 Å². The van der Waals surface area contributed by atoms with E-state index in [-0.39, 0.29) is 0 Å². The van der Waals surface area contributed by atoms with E-state index in [9.17, 15) is 0 Å². The third kappa shape index (κ3) is 24.9. The lowest BCUT2D eigenvalue weighted by Crippen LogP contribution is -2.13. The molecular weight excluding hydrogens is 220 g/mol. The van der Waals surface area contributed by atoms with Gasteiger partial charge in [0.05, 0.1) is 0 Å². The summed E-state index contributed by atoms with van der Waals surface area (Å²) >= 11 is 0. The summed E-state index contributed by atoms with van der Waals surface area (Å²) < 4.78 is 0. The van der Waals surface area contributed by atoms with E-state index in [1.54, 1.807) is 0 Å². The second-order valence-electron chi connectivity index (χ2n) is 4.97. The standard InChI is InChI=1S/2C8H19N/c1-3-5-6-7-8-9-4-2;1-2-3-4-5-6-7-8-9/h9H,3-8H2,1-2H3;2-9H2,1H3. The van der Waals surface area contributed by atoms with Crippen LogP contribution in [0.2, 0.25) is 0 Å². The van der Waals surface area contributed by atoms with Crippen molar-refractivity contribution in [2.45, 2.75) is 85.0 Å². The molecule has 0 saturated carbocycles. The zero-order valence-electron chi connectivity index (χ0n) is 13.3. The Bertz CT molecular complexity index is 89.7. The Morgan fingerprint density at radius 1 is 0.667 bits per heavy atom. The van der Waals surface area contributed by atoms with E-state index >= 15 is 0 Å². The van der Waals surface area contributed by atoms with Crippen LogP contribution in [0.1, 0.15) is 85.0 Å². The van der Waals surface area contributed by atoms with Crippen molar-refractivity contribution in [3.8, 4) is 0 Å². The summed E-state index contributed by atoms with van der Waals surface area (Å²) in [6.45, 7) is 9.82. The number of hydrogen-bond donors (Lipinski definition) is 2. The molecule has 0 fully saturated rings. The molecule has 0 atom stereocenters. The zero-order valence-corrected chi connectivity index (χ0v) is 13.3. The number of nitrogens with two attached hydrogens (primary N) is 1. The van der Waals surface area contributed by atoms with Crippen LogP contribution in [0, 0.1) is 0 Å². The Kier molecular flexibility index (Phi) is 24.9. The Labute approximate surface area is 116 Å². The maximum absolute atomic E-state index is 5.34. The predicted octanol–water partition coefficient (Wildman–Crippen LogP) is 4.48. The lowest BCUT2D eigenvalue weighted by atomic mass is 10.1. The van der Waals surface area contributed by atoms with Crippen LogP contribution in [0.5, 0.6) is 0 Å². The summed E-state index contributed by atoms with van der Waals surface area (Å²) in [5, 5.41) is 3.31. The zero-order chi connectivity index (χ0) is 13.9. The van der Waals surface area contributed by atoms with Crippen molar-refractivity contribution in [1.29, 1.82) is 0 Å². The first-order valence-corrected chi connectivity index (χ1v) is 8.24. The summed E-state index contributed by atoms with van der Waals surface area (Å²) in [7, 11) is 0. The van der Waals surface area contributed by atoms with Crippen molar-refractivity contribution in [3.05, 3.63) is 0 Å². The van der Waals surface area contributed by atoms with Crippen molar-refractivity contribution in [2.75, 3.05) is 19.6 Å². The lowest BCUT2D eigenvalue weighted by molar-refractivity contribution is 0.611. The van der Waals surface area contributed by atoms with Gasteiger partial charge < -0.3 is 11.1 Å². The number of nitrogens with one attached hydrogen (secondary N) is 1.